The summed E-state index contributed by atoms with van der Waals surface area (Å²) < 4.78 is 1.48. The van der Waals surface area contributed by atoms with Gasteiger partial charge in [0.15, 0.2) is 0 Å². The summed E-state index contributed by atoms with van der Waals surface area (Å²) >= 11 is 5.90. The van der Waals surface area contributed by atoms with Crippen LogP contribution in [0.3, 0.4) is 0 Å². The van der Waals surface area contributed by atoms with Gasteiger partial charge >= 0.3 is 0 Å². The van der Waals surface area contributed by atoms with E-state index >= 15 is 0 Å². The first-order valence-electron chi connectivity index (χ1n) is 3.86. The van der Waals surface area contributed by atoms with Crippen molar-refractivity contribution in [2.45, 2.75) is 0 Å². The molecule has 5 nitrogen and oxygen atoms in total. The lowest BCUT2D eigenvalue weighted by Crippen LogP contribution is -1.88. The van der Waals surface area contributed by atoms with Gasteiger partial charge < -0.3 is 0 Å². The fourth-order valence-electron chi connectivity index (χ4n) is 1.27. The van der Waals surface area contributed by atoms with Crippen molar-refractivity contribution in [3.63, 3.8) is 0 Å². The van der Waals surface area contributed by atoms with Gasteiger partial charge in [-0.15, -0.1) is 0 Å². The monoisotopic (exact) mass is 211 g/mol. The average molecular weight is 212 g/mol. The molecule has 72 valence electrons. The van der Waals surface area contributed by atoms with Crippen LogP contribution in [0.2, 0.25) is 5.15 Å². The van der Waals surface area contributed by atoms with E-state index in [1.807, 2.05) is 0 Å². The molecular formula is C8H6ClN3O2. The normalized spacial score (nSPS) is 10.7. The molecule has 0 saturated carbocycles. The van der Waals surface area contributed by atoms with Crippen molar-refractivity contribution in [3.8, 4) is 0 Å². The summed E-state index contributed by atoms with van der Waals surface area (Å²) in [6.07, 6.45) is 0. The number of halogens is 1. The second kappa shape index (κ2) is 2.95. The third-order valence-electron chi connectivity index (χ3n) is 1.96. The van der Waals surface area contributed by atoms with Crippen molar-refractivity contribution in [1.82, 2.24) is 9.78 Å². The van der Waals surface area contributed by atoms with Gasteiger partial charge in [-0.2, -0.15) is 5.10 Å². The molecule has 14 heavy (non-hydrogen) atoms. The lowest BCUT2D eigenvalue weighted by Gasteiger charge is -1.90. The number of aryl methyl sites for hydroxylation is 1. The van der Waals surface area contributed by atoms with Gasteiger partial charge in [0.1, 0.15) is 10.7 Å². The summed E-state index contributed by atoms with van der Waals surface area (Å²) in [7, 11) is 1.69. The lowest BCUT2D eigenvalue weighted by atomic mass is 10.2. The van der Waals surface area contributed by atoms with Crippen LogP contribution in [0.5, 0.6) is 0 Å². The number of hydrogen-bond donors (Lipinski definition) is 0. The van der Waals surface area contributed by atoms with Crippen LogP contribution in [0.15, 0.2) is 18.2 Å². The number of aromatic nitrogens is 2. The second-order valence-corrected chi connectivity index (χ2v) is 3.23. The summed E-state index contributed by atoms with van der Waals surface area (Å²) in [4.78, 5) is 10.0. The molecule has 0 bridgehead atoms. The molecular weight excluding hydrogens is 206 g/mol. The minimum absolute atomic E-state index is 0.0206. The zero-order valence-corrected chi connectivity index (χ0v) is 8.02. The average Bonchev–Trinajstić information content (AvgIpc) is 2.42. The van der Waals surface area contributed by atoms with Gasteiger partial charge in [-0.3, -0.25) is 14.8 Å². The smallest absolute Gasteiger partial charge is 0.258 e. The molecule has 0 aliphatic rings. The molecule has 0 radical (unpaired) electrons. The quantitative estimate of drug-likeness (QED) is 0.536. The van der Waals surface area contributed by atoms with Crippen molar-refractivity contribution in [2.75, 3.05) is 0 Å². The van der Waals surface area contributed by atoms with Crippen molar-refractivity contribution in [3.05, 3.63) is 33.5 Å². The Bertz CT molecular complexity index is 521. The molecule has 0 spiro atoms. The molecule has 1 aromatic heterocycles. The Labute approximate surface area is 84.0 Å². The van der Waals surface area contributed by atoms with E-state index in [0.29, 0.717) is 10.7 Å². The number of benzene rings is 1. The van der Waals surface area contributed by atoms with Crippen LogP contribution >= 0.6 is 11.6 Å². The van der Waals surface area contributed by atoms with E-state index in [0.717, 1.165) is 5.39 Å². The molecule has 0 aliphatic carbocycles. The van der Waals surface area contributed by atoms with E-state index in [-0.39, 0.29) is 5.69 Å². The predicted octanol–water partition coefficient (Wildman–Crippen LogP) is 2.13. The van der Waals surface area contributed by atoms with Crippen LogP contribution in [0.4, 0.5) is 5.69 Å². The maximum absolute atomic E-state index is 10.5. The standard InChI is InChI=1S/C8H6ClN3O2/c1-11-8(9)6-3-2-5(12(13)14)4-7(6)10-11/h2-4H,1H3. The first kappa shape index (κ1) is 8.96. The highest BCUT2D eigenvalue weighted by atomic mass is 35.5. The van der Waals surface area contributed by atoms with E-state index in [9.17, 15) is 10.1 Å². The number of hydrogen-bond acceptors (Lipinski definition) is 3. The Balaban J connectivity index is 2.73. The van der Waals surface area contributed by atoms with E-state index in [1.165, 1.54) is 16.8 Å². The summed E-state index contributed by atoms with van der Waals surface area (Å²) in [5.41, 5.74) is 0.555. The van der Waals surface area contributed by atoms with Gasteiger partial charge in [0.25, 0.3) is 5.69 Å². The van der Waals surface area contributed by atoms with Gasteiger partial charge in [0.05, 0.1) is 4.92 Å². The van der Waals surface area contributed by atoms with E-state index in [1.54, 1.807) is 13.1 Å². The van der Waals surface area contributed by atoms with Crippen molar-refractivity contribution < 1.29 is 4.92 Å². The van der Waals surface area contributed by atoms with Crippen LogP contribution < -0.4 is 0 Å². The molecule has 1 aromatic carbocycles. The highest BCUT2D eigenvalue weighted by molar-refractivity contribution is 6.34. The summed E-state index contributed by atoms with van der Waals surface area (Å²) in [5.74, 6) is 0. The fraction of sp³-hybridized carbons (Fsp3) is 0.125. The molecule has 0 N–H and O–H groups in total. The van der Waals surface area contributed by atoms with Crippen molar-refractivity contribution in [2.24, 2.45) is 7.05 Å². The minimum atomic E-state index is -0.456. The molecule has 0 atom stereocenters. The van der Waals surface area contributed by atoms with E-state index in [2.05, 4.69) is 5.10 Å². The number of nitro benzene ring substituents is 1. The number of nitrogens with zero attached hydrogens (tertiary/aromatic N) is 3. The van der Waals surface area contributed by atoms with Gasteiger partial charge in [-0.25, -0.2) is 0 Å². The van der Waals surface area contributed by atoms with E-state index < -0.39 is 4.92 Å². The minimum Gasteiger partial charge on any atom is -0.258 e. The van der Waals surface area contributed by atoms with Crippen molar-refractivity contribution in [1.29, 1.82) is 0 Å². The molecule has 0 aliphatic heterocycles. The van der Waals surface area contributed by atoms with Crippen molar-refractivity contribution >= 4 is 28.2 Å². The number of nitro groups is 1. The van der Waals surface area contributed by atoms with E-state index in [4.69, 9.17) is 11.6 Å². The highest BCUT2D eigenvalue weighted by Crippen LogP contribution is 2.25. The van der Waals surface area contributed by atoms with Crippen LogP contribution in [-0.4, -0.2) is 14.7 Å². The zero-order chi connectivity index (χ0) is 10.3. The number of rotatable bonds is 1. The van der Waals surface area contributed by atoms with Crippen LogP contribution in [0.25, 0.3) is 10.9 Å². The largest absolute Gasteiger partial charge is 0.271 e. The summed E-state index contributed by atoms with van der Waals surface area (Å²) in [6, 6.07) is 4.42. The molecule has 6 heteroatoms. The molecule has 0 unspecified atom stereocenters. The van der Waals surface area contributed by atoms with Crippen LogP contribution in [-0.2, 0) is 7.05 Å². The molecule has 2 rings (SSSR count). The first-order valence-corrected chi connectivity index (χ1v) is 4.24. The van der Waals surface area contributed by atoms with Gasteiger partial charge in [-0.05, 0) is 6.07 Å². The van der Waals surface area contributed by atoms with Gasteiger partial charge in [0, 0.05) is 24.6 Å². The Morgan fingerprint density at radius 1 is 1.57 bits per heavy atom. The van der Waals surface area contributed by atoms with Gasteiger partial charge in [-0.1, -0.05) is 11.6 Å². The number of fused-ring (bicyclic) bond motifs is 1. The molecule has 2 aromatic rings. The molecule has 0 saturated heterocycles. The Morgan fingerprint density at radius 3 is 2.93 bits per heavy atom. The number of non-ortho nitro benzene ring substituents is 1. The SMILES string of the molecule is Cn1nc2cc([N+](=O)[O-])ccc2c1Cl. The third-order valence-corrected chi connectivity index (χ3v) is 2.40. The Kier molecular flexibility index (Phi) is 1.89. The first-order chi connectivity index (χ1) is 6.59. The van der Waals surface area contributed by atoms with Crippen LogP contribution in [0, 0.1) is 10.1 Å². The topological polar surface area (TPSA) is 61.0 Å². The van der Waals surface area contributed by atoms with Crippen LogP contribution in [0.1, 0.15) is 0 Å². The third kappa shape index (κ3) is 1.22. The second-order valence-electron chi connectivity index (χ2n) is 2.87. The highest BCUT2D eigenvalue weighted by Gasteiger charge is 2.11. The molecule has 1 heterocycles. The Hall–Kier alpha value is -1.62. The fourth-order valence-corrected chi connectivity index (χ4v) is 1.47. The summed E-state index contributed by atoms with van der Waals surface area (Å²) in [6.45, 7) is 0. The Morgan fingerprint density at radius 2 is 2.29 bits per heavy atom. The summed E-state index contributed by atoms with van der Waals surface area (Å²) in [5, 5.41) is 15.7. The zero-order valence-electron chi connectivity index (χ0n) is 7.27. The predicted molar refractivity (Wildman–Crippen MR) is 52.4 cm³/mol. The lowest BCUT2D eigenvalue weighted by molar-refractivity contribution is -0.384. The molecule has 0 fully saturated rings. The van der Waals surface area contributed by atoms with Gasteiger partial charge in [0.2, 0.25) is 0 Å². The maximum atomic E-state index is 10.5. The molecule has 0 amide bonds. The maximum Gasteiger partial charge on any atom is 0.271 e.